The second-order valence-electron chi connectivity index (χ2n) is 2.17. The predicted octanol–water partition coefficient (Wildman–Crippen LogP) is 0.00320. The maximum atomic E-state index is 9.96. The van der Waals surface area contributed by atoms with Gasteiger partial charge < -0.3 is 0 Å². The molecule has 0 atom stereocenters. The van der Waals surface area contributed by atoms with Gasteiger partial charge in [-0.05, 0) is 0 Å². The molecule has 0 amide bonds. The second kappa shape index (κ2) is 5.67. The van der Waals surface area contributed by atoms with E-state index >= 15 is 0 Å². The molecule has 0 rings (SSSR count). The molecule has 5 heteroatoms. The predicted molar refractivity (Wildman–Crippen MR) is 46.3 cm³/mol. The van der Waals surface area contributed by atoms with Gasteiger partial charge in [0, 0.05) is 0 Å². The molecule has 64 valence electrons. The van der Waals surface area contributed by atoms with E-state index in [0.717, 1.165) is 0 Å². The molecule has 0 unspecified atom stereocenters. The van der Waals surface area contributed by atoms with Gasteiger partial charge in [0.1, 0.15) is 0 Å². The molecular formula is C6H11AsO3S. The second-order valence-corrected chi connectivity index (χ2v) is 11.2. The number of carbonyl (C=O) groups excluding carboxylic acids is 2. The zero-order valence-electron chi connectivity index (χ0n) is 6.53. The third-order valence-corrected chi connectivity index (χ3v) is 5.24. The number of rotatable bonds is 4. The van der Waals surface area contributed by atoms with Crippen molar-refractivity contribution in [3.8, 4) is 0 Å². The van der Waals surface area contributed by atoms with E-state index in [1.165, 1.54) is 10.0 Å². The number of hydrogen-bond acceptors (Lipinski definition) is 3. The molecule has 0 radical (unpaired) electrons. The Morgan fingerprint density at radius 2 is 2.09 bits per heavy atom. The van der Waals surface area contributed by atoms with Gasteiger partial charge in [-0.25, -0.2) is 0 Å². The molecule has 0 bridgehead atoms. The Morgan fingerprint density at radius 3 is 2.45 bits per heavy atom. The van der Waals surface area contributed by atoms with E-state index in [-0.39, 0.29) is 18.0 Å². The summed E-state index contributed by atoms with van der Waals surface area (Å²) >= 11 is -0.933. The standard InChI is InChI=1S/C6H11AsO3S/c1-7(2)11-6(10)4-3-5(8)9/h3-4H2,1-2H3,(H,8,9). The van der Waals surface area contributed by atoms with Crippen LogP contribution in [-0.2, 0) is 4.79 Å². The summed E-state index contributed by atoms with van der Waals surface area (Å²) in [6.45, 7) is 0. The van der Waals surface area contributed by atoms with Crippen LogP contribution in [0.15, 0.2) is 0 Å². The maximum absolute atomic E-state index is 9.96. The van der Waals surface area contributed by atoms with Gasteiger partial charge in [-0.15, -0.1) is 0 Å². The van der Waals surface area contributed by atoms with Crippen LogP contribution < -0.4 is 5.11 Å². The van der Waals surface area contributed by atoms with Gasteiger partial charge in [-0.1, -0.05) is 0 Å². The van der Waals surface area contributed by atoms with Gasteiger partial charge >= 0.3 is 73.6 Å². The Hall–Kier alpha value is 0.0484. The zero-order chi connectivity index (χ0) is 8.85. The first kappa shape index (κ1) is 11.0. The van der Waals surface area contributed by atoms with Gasteiger partial charge in [-0.2, -0.15) is 0 Å². The van der Waals surface area contributed by atoms with Crippen LogP contribution in [0.5, 0.6) is 0 Å². The minimum absolute atomic E-state index is 0.0823. The Morgan fingerprint density at radius 1 is 1.55 bits per heavy atom. The summed E-state index contributed by atoms with van der Waals surface area (Å²) in [5.41, 5.74) is 4.15. The van der Waals surface area contributed by atoms with Crippen molar-refractivity contribution >= 4 is 34.6 Å². The number of aliphatic carboxylic acids is 1. The van der Waals surface area contributed by atoms with Crippen molar-refractivity contribution in [1.29, 1.82) is 0 Å². The molecule has 0 spiro atoms. The van der Waals surface area contributed by atoms with Crippen LogP contribution in [0.1, 0.15) is 12.8 Å². The monoisotopic (exact) mass is 238 g/mol. The van der Waals surface area contributed by atoms with E-state index in [0.29, 0.717) is 0 Å². The fraction of sp³-hybridized carbons (Fsp3) is 0.667. The molecule has 0 heterocycles. The number of hydrogen-bond donors (Lipinski definition) is 0. The van der Waals surface area contributed by atoms with Gasteiger partial charge in [0.25, 0.3) is 0 Å². The van der Waals surface area contributed by atoms with Crippen LogP contribution in [0.25, 0.3) is 0 Å². The first-order valence-corrected chi connectivity index (χ1v) is 9.94. The molecule has 0 aromatic rings. The van der Waals surface area contributed by atoms with Crippen molar-refractivity contribution in [2.24, 2.45) is 0 Å². The van der Waals surface area contributed by atoms with E-state index in [2.05, 4.69) is 11.4 Å². The molecule has 1 N–H and O–H groups in total. The van der Waals surface area contributed by atoms with E-state index in [1.54, 1.807) is 0 Å². The average molecular weight is 238 g/mol. The van der Waals surface area contributed by atoms with Gasteiger partial charge in [0.2, 0.25) is 0 Å². The summed E-state index contributed by atoms with van der Waals surface area (Å²) in [5.74, 6) is -1.11. The van der Waals surface area contributed by atoms with Crippen molar-refractivity contribution in [3.63, 3.8) is 0 Å². The fourth-order valence-electron chi connectivity index (χ4n) is 0.465. The molecule has 0 aliphatic carbocycles. The number of carboxylic acid groups (broad SMARTS) is 1. The number of carboxylic acids is 1. The minimum atomic E-state index is -1.11. The average Bonchev–Trinajstić information content (AvgIpc) is 1.82. The van der Waals surface area contributed by atoms with E-state index in [9.17, 15) is 9.90 Å². The first-order chi connectivity index (χ1) is 5.02. The summed E-state index contributed by atoms with van der Waals surface area (Å²) < 4.78 is 0. The quantitative estimate of drug-likeness (QED) is 0.511. The van der Waals surface area contributed by atoms with Crippen LogP contribution in [0, 0.1) is 0 Å². The van der Waals surface area contributed by atoms with Crippen LogP contribution in [0.3, 0.4) is 0 Å². The Bertz CT molecular complexity index is 158. The molecular weight excluding hydrogens is 227 g/mol. The van der Waals surface area contributed by atoms with Crippen LogP contribution in [0.4, 0.5) is 0 Å². The SMILES string of the molecule is C[As](C)SC(=[OH+])CCC(=O)[O-]. The van der Waals surface area contributed by atoms with Crippen molar-refractivity contribution in [1.82, 2.24) is 0 Å². The Kier molecular flexibility index (Phi) is 5.69. The third kappa shape index (κ3) is 7.95. The van der Waals surface area contributed by atoms with Crippen molar-refractivity contribution in [2.75, 3.05) is 0 Å². The van der Waals surface area contributed by atoms with E-state index in [4.69, 9.17) is 4.79 Å². The fourth-order valence-corrected chi connectivity index (χ4v) is 4.31. The van der Waals surface area contributed by atoms with E-state index in [1.807, 2.05) is 0 Å². The molecule has 0 fully saturated rings. The van der Waals surface area contributed by atoms with Gasteiger partial charge in [0.15, 0.2) is 0 Å². The van der Waals surface area contributed by atoms with Crippen molar-refractivity contribution < 1.29 is 14.7 Å². The Labute approximate surface area is 73.8 Å². The summed E-state index contributed by atoms with van der Waals surface area (Å²) in [4.78, 5) is 19.1. The van der Waals surface area contributed by atoms with Gasteiger partial charge in [0.05, 0.1) is 0 Å². The molecule has 0 aromatic heterocycles. The number of carbonyl (C=O) groups is 1. The summed E-state index contributed by atoms with van der Waals surface area (Å²) in [5, 5.41) is 10.2. The third-order valence-electron chi connectivity index (χ3n) is 0.831. The summed E-state index contributed by atoms with van der Waals surface area (Å²) in [6.07, 6.45) is 0.140. The van der Waals surface area contributed by atoms with Crippen LogP contribution >= 0.6 is 10.0 Å². The molecule has 3 nitrogen and oxygen atoms in total. The topological polar surface area (TPSA) is 61.5 Å². The molecule has 0 saturated carbocycles. The van der Waals surface area contributed by atoms with Crippen LogP contribution in [0.2, 0.25) is 11.4 Å². The zero-order valence-corrected chi connectivity index (χ0v) is 9.23. The first-order valence-electron chi connectivity index (χ1n) is 3.12. The van der Waals surface area contributed by atoms with Crippen molar-refractivity contribution in [3.05, 3.63) is 0 Å². The van der Waals surface area contributed by atoms with Crippen LogP contribution in [-0.4, -0.2) is 29.4 Å². The summed E-state index contributed by atoms with van der Waals surface area (Å²) in [7, 11) is 1.42. The van der Waals surface area contributed by atoms with Crippen molar-refractivity contribution in [2.45, 2.75) is 24.3 Å². The molecule has 0 aliphatic rings. The van der Waals surface area contributed by atoms with Gasteiger partial charge in [-0.3, -0.25) is 0 Å². The van der Waals surface area contributed by atoms with E-state index < -0.39 is 19.5 Å². The normalized spacial score (nSPS) is 10.1. The molecule has 0 saturated heterocycles. The molecule has 11 heavy (non-hydrogen) atoms. The molecule has 0 aliphatic heterocycles. The molecule has 0 aromatic carbocycles. The summed E-state index contributed by atoms with van der Waals surface area (Å²) in [6, 6.07) is 0. The Balaban J connectivity index is 3.45.